The maximum atomic E-state index is 11.5. The zero-order chi connectivity index (χ0) is 11.5. The Morgan fingerprint density at radius 2 is 2.44 bits per heavy atom. The van der Waals surface area contributed by atoms with Crippen LogP contribution in [0.25, 0.3) is 0 Å². The molecule has 1 aliphatic rings. The van der Waals surface area contributed by atoms with E-state index < -0.39 is 0 Å². The second-order valence-corrected chi connectivity index (χ2v) is 4.48. The van der Waals surface area contributed by atoms with E-state index in [0.717, 1.165) is 31.4 Å². The monoisotopic (exact) mass is 222 g/mol. The predicted octanol–water partition coefficient (Wildman–Crippen LogP) is 1.69. The van der Waals surface area contributed by atoms with Crippen LogP contribution in [0.2, 0.25) is 0 Å². The van der Waals surface area contributed by atoms with Crippen LogP contribution >= 0.6 is 0 Å². The van der Waals surface area contributed by atoms with Gasteiger partial charge in [0.15, 0.2) is 0 Å². The molecule has 0 aromatic carbocycles. The summed E-state index contributed by atoms with van der Waals surface area (Å²) in [4.78, 5) is 15.6. The van der Waals surface area contributed by atoms with Gasteiger partial charge in [-0.05, 0) is 12.8 Å². The Labute approximate surface area is 95.6 Å². The first kappa shape index (κ1) is 11.2. The van der Waals surface area contributed by atoms with E-state index in [4.69, 9.17) is 4.74 Å². The lowest BCUT2D eigenvalue weighted by atomic mass is 9.98. The van der Waals surface area contributed by atoms with Crippen molar-refractivity contribution in [1.29, 1.82) is 0 Å². The number of rotatable bonds is 4. The van der Waals surface area contributed by atoms with E-state index in [9.17, 15) is 4.79 Å². The van der Waals surface area contributed by atoms with Crippen molar-refractivity contribution in [2.24, 2.45) is 13.0 Å². The maximum absolute atomic E-state index is 11.5. The van der Waals surface area contributed by atoms with Gasteiger partial charge in [0.2, 0.25) is 0 Å². The minimum Gasteiger partial charge on any atom is -0.462 e. The Kier molecular flexibility index (Phi) is 3.27. The number of cyclic esters (lactones) is 1. The molecule has 2 heterocycles. The minimum absolute atomic E-state index is 0.0194. The standard InChI is InChI=1S/C12H18N2O2/c1-3-4-9-5-11(16-12(9)15)6-10-7-13-8-14(10)2/h7-9,11H,3-6H2,1-2H3. The molecule has 0 bridgehead atoms. The Bertz CT molecular complexity index is 373. The summed E-state index contributed by atoms with van der Waals surface area (Å²) < 4.78 is 7.35. The molecule has 0 N–H and O–H groups in total. The number of imidazole rings is 1. The molecule has 0 amide bonds. The van der Waals surface area contributed by atoms with Crippen molar-refractivity contribution in [2.75, 3.05) is 0 Å². The summed E-state index contributed by atoms with van der Waals surface area (Å²) in [5, 5.41) is 0. The highest BCUT2D eigenvalue weighted by Crippen LogP contribution is 2.27. The topological polar surface area (TPSA) is 44.1 Å². The summed E-state index contributed by atoms with van der Waals surface area (Å²) in [5.41, 5.74) is 1.12. The zero-order valence-electron chi connectivity index (χ0n) is 9.85. The molecule has 4 heteroatoms. The average molecular weight is 222 g/mol. The molecule has 1 aromatic heterocycles. The second kappa shape index (κ2) is 4.68. The van der Waals surface area contributed by atoms with Crippen molar-refractivity contribution in [3.63, 3.8) is 0 Å². The highest BCUT2D eigenvalue weighted by atomic mass is 16.5. The molecule has 4 nitrogen and oxygen atoms in total. The van der Waals surface area contributed by atoms with Crippen LogP contribution < -0.4 is 0 Å². The summed E-state index contributed by atoms with van der Waals surface area (Å²) in [6.45, 7) is 2.10. The SMILES string of the molecule is CCCC1CC(Cc2cncn2C)OC1=O. The molecule has 88 valence electrons. The van der Waals surface area contributed by atoms with Gasteiger partial charge in [0.1, 0.15) is 6.10 Å². The van der Waals surface area contributed by atoms with E-state index in [1.807, 2.05) is 17.8 Å². The Hall–Kier alpha value is -1.32. The van der Waals surface area contributed by atoms with E-state index in [0.29, 0.717) is 0 Å². The van der Waals surface area contributed by atoms with E-state index in [1.54, 1.807) is 6.33 Å². The number of carbonyl (C=O) groups is 1. The number of aromatic nitrogens is 2. The predicted molar refractivity (Wildman–Crippen MR) is 59.8 cm³/mol. The van der Waals surface area contributed by atoms with E-state index in [1.165, 1.54) is 0 Å². The van der Waals surface area contributed by atoms with Crippen LogP contribution in [0.1, 0.15) is 31.9 Å². The van der Waals surface area contributed by atoms with Crippen molar-refractivity contribution in [1.82, 2.24) is 9.55 Å². The molecular formula is C12H18N2O2. The van der Waals surface area contributed by atoms with Crippen LogP contribution in [0.15, 0.2) is 12.5 Å². The molecule has 1 aromatic rings. The lowest BCUT2D eigenvalue weighted by Crippen LogP contribution is -2.12. The molecule has 0 saturated carbocycles. The van der Waals surface area contributed by atoms with Crippen LogP contribution in [0.4, 0.5) is 0 Å². The average Bonchev–Trinajstić information content (AvgIpc) is 2.77. The lowest BCUT2D eigenvalue weighted by Gasteiger charge is -2.08. The van der Waals surface area contributed by atoms with Gasteiger partial charge in [0.05, 0.1) is 12.2 Å². The number of aryl methyl sites for hydroxylation is 1. The Morgan fingerprint density at radius 1 is 1.62 bits per heavy atom. The number of esters is 1. The summed E-state index contributed by atoms with van der Waals surface area (Å²) >= 11 is 0. The second-order valence-electron chi connectivity index (χ2n) is 4.48. The third kappa shape index (κ3) is 2.26. The van der Waals surface area contributed by atoms with Gasteiger partial charge in [-0.1, -0.05) is 13.3 Å². The van der Waals surface area contributed by atoms with Crippen LogP contribution in [0, 0.1) is 5.92 Å². The molecule has 0 aliphatic carbocycles. The van der Waals surface area contributed by atoms with Crippen molar-refractivity contribution < 1.29 is 9.53 Å². The number of carbonyl (C=O) groups excluding carboxylic acids is 1. The van der Waals surface area contributed by atoms with Crippen molar-refractivity contribution in [3.05, 3.63) is 18.2 Å². The van der Waals surface area contributed by atoms with Gasteiger partial charge in [-0.3, -0.25) is 4.79 Å². The third-order valence-electron chi connectivity index (χ3n) is 3.15. The number of hydrogen-bond acceptors (Lipinski definition) is 3. The van der Waals surface area contributed by atoms with Gasteiger partial charge in [-0.15, -0.1) is 0 Å². The number of nitrogens with zero attached hydrogens (tertiary/aromatic N) is 2. The van der Waals surface area contributed by atoms with E-state index in [-0.39, 0.29) is 18.0 Å². The van der Waals surface area contributed by atoms with Crippen molar-refractivity contribution >= 4 is 5.97 Å². The highest BCUT2D eigenvalue weighted by Gasteiger charge is 2.33. The fourth-order valence-electron chi connectivity index (χ4n) is 2.25. The molecule has 2 rings (SSSR count). The third-order valence-corrected chi connectivity index (χ3v) is 3.15. The lowest BCUT2D eigenvalue weighted by molar-refractivity contribution is -0.144. The Balaban J connectivity index is 1.94. The minimum atomic E-state index is -0.0194. The molecular weight excluding hydrogens is 204 g/mol. The van der Waals surface area contributed by atoms with Crippen LogP contribution in [-0.2, 0) is 23.0 Å². The molecule has 1 fully saturated rings. The van der Waals surface area contributed by atoms with Crippen molar-refractivity contribution in [2.45, 2.75) is 38.7 Å². The molecule has 16 heavy (non-hydrogen) atoms. The molecule has 1 aliphatic heterocycles. The highest BCUT2D eigenvalue weighted by molar-refractivity contribution is 5.74. The molecule has 2 atom stereocenters. The van der Waals surface area contributed by atoms with Gasteiger partial charge >= 0.3 is 5.97 Å². The quantitative estimate of drug-likeness (QED) is 0.728. The smallest absolute Gasteiger partial charge is 0.309 e. The fourth-order valence-corrected chi connectivity index (χ4v) is 2.25. The first-order chi connectivity index (χ1) is 7.70. The summed E-state index contributed by atoms with van der Waals surface area (Å²) in [6, 6.07) is 0. The summed E-state index contributed by atoms with van der Waals surface area (Å²) in [7, 11) is 1.96. The molecule has 0 radical (unpaired) electrons. The van der Waals surface area contributed by atoms with Crippen molar-refractivity contribution in [3.8, 4) is 0 Å². The fraction of sp³-hybridized carbons (Fsp3) is 0.667. The summed E-state index contributed by atoms with van der Waals surface area (Å²) in [6.07, 6.45) is 7.27. The Morgan fingerprint density at radius 3 is 3.06 bits per heavy atom. The largest absolute Gasteiger partial charge is 0.462 e. The molecule has 2 unspecified atom stereocenters. The van der Waals surface area contributed by atoms with Gasteiger partial charge in [-0.2, -0.15) is 0 Å². The van der Waals surface area contributed by atoms with Gasteiger partial charge in [0.25, 0.3) is 0 Å². The molecule has 0 spiro atoms. The van der Waals surface area contributed by atoms with E-state index in [2.05, 4.69) is 11.9 Å². The number of hydrogen-bond donors (Lipinski definition) is 0. The zero-order valence-corrected chi connectivity index (χ0v) is 9.85. The van der Waals surface area contributed by atoms with Crippen LogP contribution in [0.5, 0.6) is 0 Å². The molecule has 1 saturated heterocycles. The van der Waals surface area contributed by atoms with Gasteiger partial charge < -0.3 is 9.30 Å². The summed E-state index contributed by atoms with van der Waals surface area (Å²) in [5.74, 6) is 0.0947. The van der Waals surface area contributed by atoms with Crippen LogP contribution in [0.3, 0.4) is 0 Å². The number of ether oxygens (including phenoxy) is 1. The van der Waals surface area contributed by atoms with Crippen LogP contribution in [-0.4, -0.2) is 21.6 Å². The first-order valence-electron chi connectivity index (χ1n) is 5.86. The van der Waals surface area contributed by atoms with Gasteiger partial charge in [0, 0.05) is 25.4 Å². The van der Waals surface area contributed by atoms with Gasteiger partial charge in [-0.25, -0.2) is 4.98 Å². The maximum Gasteiger partial charge on any atom is 0.309 e. The van der Waals surface area contributed by atoms with E-state index >= 15 is 0 Å². The normalized spacial score (nSPS) is 24.8. The first-order valence-corrected chi connectivity index (χ1v) is 5.86.